The van der Waals surface area contributed by atoms with E-state index in [0.29, 0.717) is 23.2 Å². The Kier molecular flexibility index (Phi) is 4.78. The molecule has 2 aliphatic heterocycles. The lowest BCUT2D eigenvalue weighted by atomic mass is 10.0. The molecule has 160 valence electrons. The van der Waals surface area contributed by atoms with Crippen molar-refractivity contribution in [3.8, 4) is 11.3 Å². The van der Waals surface area contributed by atoms with Crippen LogP contribution in [0.3, 0.4) is 0 Å². The first-order chi connectivity index (χ1) is 15.5. The number of hydrogen-bond donors (Lipinski definition) is 3. The van der Waals surface area contributed by atoms with Crippen molar-refractivity contribution in [1.82, 2.24) is 20.2 Å². The number of H-pyrrole nitrogens is 1. The molecule has 1 unspecified atom stereocenters. The van der Waals surface area contributed by atoms with Crippen LogP contribution in [0.5, 0.6) is 0 Å². The predicted octanol–water partition coefficient (Wildman–Crippen LogP) is 2.09. The van der Waals surface area contributed by atoms with Crippen LogP contribution < -0.4 is 10.6 Å². The topological polar surface area (TPSA) is 124 Å². The van der Waals surface area contributed by atoms with Crippen molar-refractivity contribution < 1.29 is 19.2 Å². The van der Waals surface area contributed by atoms with Gasteiger partial charge in [0.05, 0.1) is 11.9 Å². The third kappa shape index (κ3) is 3.53. The van der Waals surface area contributed by atoms with E-state index in [1.54, 1.807) is 24.4 Å². The number of fused-ring (bicyclic) bond motifs is 1. The number of nitrogens with one attached hydrogen (secondary N) is 3. The maximum atomic E-state index is 12.8. The van der Waals surface area contributed by atoms with Crippen molar-refractivity contribution in [3.05, 3.63) is 71.7 Å². The molecule has 2 aromatic carbocycles. The first-order valence-electron chi connectivity index (χ1n) is 10.2. The Morgan fingerprint density at radius 3 is 2.69 bits per heavy atom. The molecule has 9 heteroatoms. The van der Waals surface area contributed by atoms with Gasteiger partial charge in [-0.15, -0.1) is 0 Å². The van der Waals surface area contributed by atoms with E-state index in [9.17, 15) is 19.2 Å². The zero-order chi connectivity index (χ0) is 22.2. The fourth-order valence-electron chi connectivity index (χ4n) is 4.04. The van der Waals surface area contributed by atoms with Crippen LogP contribution >= 0.6 is 0 Å². The van der Waals surface area contributed by atoms with Crippen molar-refractivity contribution in [1.29, 1.82) is 0 Å². The Morgan fingerprint density at radius 1 is 1.09 bits per heavy atom. The quantitative estimate of drug-likeness (QED) is 0.548. The van der Waals surface area contributed by atoms with Gasteiger partial charge in [0.2, 0.25) is 11.8 Å². The van der Waals surface area contributed by atoms with E-state index in [4.69, 9.17) is 0 Å². The summed E-state index contributed by atoms with van der Waals surface area (Å²) in [5.41, 5.74) is 3.36. The van der Waals surface area contributed by atoms with Crippen LogP contribution in [-0.4, -0.2) is 44.5 Å². The zero-order valence-corrected chi connectivity index (χ0v) is 16.9. The molecule has 0 radical (unpaired) electrons. The molecule has 0 spiro atoms. The minimum Gasteiger partial charge on any atom is -0.334 e. The van der Waals surface area contributed by atoms with Gasteiger partial charge in [-0.05, 0) is 35.7 Å². The molecule has 32 heavy (non-hydrogen) atoms. The number of hydrogen-bond acceptors (Lipinski definition) is 5. The smallest absolute Gasteiger partial charge is 0.291 e. The lowest BCUT2D eigenvalue weighted by Gasteiger charge is -2.29. The normalized spacial score (nSPS) is 17.8. The number of imidazole rings is 1. The summed E-state index contributed by atoms with van der Waals surface area (Å²) in [5.74, 6) is -1.27. The Labute approximate surface area is 182 Å². The molecule has 2 aliphatic rings. The summed E-state index contributed by atoms with van der Waals surface area (Å²) in [7, 11) is 0. The van der Waals surface area contributed by atoms with E-state index in [0.717, 1.165) is 11.3 Å². The molecule has 4 amide bonds. The number of carbonyl (C=O) groups is 4. The number of piperidine rings is 1. The minimum absolute atomic E-state index is 0.172. The maximum absolute atomic E-state index is 12.8. The molecule has 1 atom stereocenters. The summed E-state index contributed by atoms with van der Waals surface area (Å²) in [6.07, 6.45) is 2.10. The summed E-state index contributed by atoms with van der Waals surface area (Å²) in [5, 5.41) is 5.07. The molecule has 0 bridgehead atoms. The van der Waals surface area contributed by atoms with Gasteiger partial charge in [0.15, 0.2) is 5.82 Å². The third-order valence-corrected chi connectivity index (χ3v) is 5.66. The molecule has 1 fully saturated rings. The van der Waals surface area contributed by atoms with Gasteiger partial charge >= 0.3 is 0 Å². The number of imide groups is 1. The molecule has 5 rings (SSSR count). The van der Waals surface area contributed by atoms with Crippen molar-refractivity contribution in [2.75, 3.05) is 5.32 Å². The summed E-state index contributed by atoms with van der Waals surface area (Å²) in [6.45, 7) is 0.239. The lowest BCUT2D eigenvalue weighted by Crippen LogP contribution is -2.52. The molecule has 3 N–H and O–H groups in total. The Bertz CT molecular complexity index is 1250. The van der Waals surface area contributed by atoms with E-state index in [1.807, 2.05) is 30.3 Å². The Morgan fingerprint density at radius 2 is 1.91 bits per heavy atom. The minimum atomic E-state index is -0.676. The van der Waals surface area contributed by atoms with Crippen molar-refractivity contribution in [3.63, 3.8) is 0 Å². The first-order valence-corrected chi connectivity index (χ1v) is 10.2. The van der Waals surface area contributed by atoms with Crippen molar-refractivity contribution in [2.24, 2.45) is 0 Å². The third-order valence-electron chi connectivity index (χ3n) is 5.66. The summed E-state index contributed by atoms with van der Waals surface area (Å²) < 4.78 is 0. The van der Waals surface area contributed by atoms with E-state index in [-0.39, 0.29) is 30.6 Å². The van der Waals surface area contributed by atoms with Gasteiger partial charge in [-0.3, -0.25) is 24.5 Å². The number of benzene rings is 2. The average molecular weight is 429 g/mol. The fourth-order valence-corrected chi connectivity index (χ4v) is 4.04. The highest BCUT2D eigenvalue weighted by atomic mass is 16.2. The van der Waals surface area contributed by atoms with E-state index in [2.05, 4.69) is 20.6 Å². The Balaban J connectivity index is 1.30. The predicted molar refractivity (Wildman–Crippen MR) is 114 cm³/mol. The first kappa shape index (κ1) is 19.7. The van der Waals surface area contributed by atoms with Crippen LogP contribution in [0.15, 0.2) is 54.7 Å². The molecule has 3 heterocycles. The second kappa shape index (κ2) is 7.77. The van der Waals surface area contributed by atoms with Crippen LogP contribution in [0.2, 0.25) is 0 Å². The molecule has 0 aliphatic carbocycles. The average Bonchev–Trinajstić information content (AvgIpc) is 3.40. The number of amides is 4. The van der Waals surface area contributed by atoms with E-state index in [1.165, 1.54) is 4.90 Å². The standard InChI is InChI=1S/C23H19N5O4/c29-19-9-8-18(21(30)27-19)28-12-14-10-15(6-7-16(14)23(28)32)25-22(31)20-24-11-17(26-20)13-4-2-1-3-5-13/h1-7,10-11,18H,8-9,12H2,(H,24,26)(H,25,31)(H,27,29,30). The highest BCUT2D eigenvalue weighted by Crippen LogP contribution is 2.29. The largest absolute Gasteiger partial charge is 0.334 e. The van der Waals surface area contributed by atoms with Crippen molar-refractivity contribution in [2.45, 2.75) is 25.4 Å². The van der Waals surface area contributed by atoms with Gasteiger partial charge in [0.1, 0.15) is 6.04 Å². The van der Waals surface area contributed by atoms with Gasteiger partial charge < -0.3 is 15.2 Å². The van der Waals surface area contributed by atoms with Crippen LogP contribution in [0.25, 0.3) is 11.3 Å². The number of rotatable bonds is 4. The van der Waals surface area contributed by atoms with Crippen LogP contribution in [0.1, 0.15) is 39.4 Å². The zero-order valence-electron chi connectivity index (χ0n) is 16.9. The van der Waals surface area contributed by atoms with Gasteiger partial charge in [-0.25, -0.2) is 4.98 Å². The van der Waals surface area contributed by atoms with Crippen LogP contribution in [-0.2, 0) is 16.1 Å². The second-order valence-corrected chi connectivity index (χ2v) is 7.74. The monoisotopic (exact) mass is 429 g/mol. The highest BCUT2D eigenvalue weighted by molar-refractivity contribution is 6.06. The van der Waals surface area contributed by atoms with Crippen LogP contribution in [0.4, 0.5) is 5.69 Å². The summed E-state index contributed by atoms with van der Waals surface area (Å²) in [6, 6.07) is 13.9. The number of aromatic nitrogens is 2. The molecular weight excluding hydrogens is 410 g/mol. The molecule has 1 saturated heterocycles. The van der Waals surface area contributed by atoms with Gasteiger partial charge in [0, 0.05) is 24.2 Å². The van der Waals surface area contributed by atoms with E-state index < -0.39 is 17.9 Å². The number of anilines is 1. The molecular formula is C23H19N5O4. The van der Waals surface area contributed by atoms with Gasteiger partial charge in [-0.2, -0.15) is 0 Å². The molecule has 0 saturated carbocycles. The number of carbonyl (C=O) groups excluding carboxylic acids is 4. The second-order valence-electron chi connectivity index (χ2n) is 7.74. The lowest BCUT2D eigenvalue weighted by molar-refractivity contribution is -0.136. The summed E-state index contributed by atoms with van der Waals surface area (Å²) in [4.78, 5) is 57.6. The number of aromatic amines is 1. The molecule has 9 nitrogen and oxygen atoms in total. The molecule has 3 aromatic rings. The fraction of sp³-hybridized carbons (Fsp3) is 0.174. The SMILES string of the molecule is O=C1CCC(N2Cc3cc(NC(=O)c4ncc(-c5ccccc5)[nH]4)ccc3C2=O)C(=O)N1. The van der Waals surface area contributed by atoms with Gasteiger partial charge in [0.25, 0.3) is 11.8 Å². The highest BCUT2D eigenvalue weighted by Gasteiger charge is 2.39. The summed E-state index contributed by atoms with van der Waals surface area (Å²) >= 11 is 0. The maximum Gasteiger partial charge on any atom is 0.291 e. The van der Waals surface area contributed by atoms with Gasteiger partial charge in [-0.1, -0.05) is 30.3 Å². The molecule has 1 aromatic heterocycles. The van der Waals surface area contributed by atoms with E-state index >= 15 is 0 Å². The van der Waals surface area contributed by atoms with Crippen LogP contribution in [0, 0.1) is 0 Å². The Hall–Kier alpha value is -4.27. The van der Waals surface area contributed by atoms with Crippen molar-refractivity contribution >= 4 is 29.3 Å². The number of nitrogens with zero attached hydrogens (tertiary/aromatic N) is 2.